The molecule has 1 N–H and O–H groups in total. The minimum Gasteiger partial charge on any atom is -0.393 e. The van der Waals surface area contributed by atoms with Crippen LogP contribution in [-0.2, 0) is 0 Å². The Kier molecular flexibility index (Phi) is 2.91. The molecule has 0 aliphatic heterocycles. The van der Waals surface area contributed by atoms with E-state index >= 15 is 0 Å². The van der Waals surface area contributed by atoms with E-state index in [2.05, 4.69) is 0 Å². The Balaban J connectivity index is 1.99. The van der Waals surface area contributed by atoms with Crippen molar-refractivity contribution in [2.24, 2.45) is 5.92 Å². The Hall–Kier alpha value is -0.370. The molecule has 1 nitrogen and oxygen atoms in total. The van der Waals surface area contributed by atoms with Crippen molar-refractivity contribution in [2.75, 3.05) is 0 Å². The number of hydrogen-bond donors (Lipinski definition) is 1. The van der Waals surface area contributed by atoms with Crippen LogP contribution in [0.5, 0.6) is 0 Å². The highest BCUT2D eigenvalue weighted by Crippen LogP contribution is 2.41. The fourth-order valence-electron chi connectivity index (χ4n) is 2.61. The van der Waals surface area contributed by atoms with Crippen LogP contribution < -0.4 is 0 Å². The lowest BCUT2D eigenvalue weighted by molar-refractivity contribution is 0.0422. The van der Waals surface area contributed by atoms with E-state index in [4.69, 9.17) is 0 Å². The van der Waals surface area contributed by atoms with Crippen LogP contribution in [0.15, 0.2) is 12.2 Å². The van der Waals surface area contributed by atoms with Crippen molar-refractivity contribution >= 4 is 0 Å². The van der Waals surface area contributed by atoms with Gasteiger partial charge < -0.3 is 5.11 Å². The molecule has 0 saturated heterocycles. The first-order valence-electron chi connectivity index (χ1n) is 5.59. The molecule has 2 aliphatic carbocycles. The topological polar surface area (TPSA) is 20.2 Å². The third-order valence-electron chi connectivity index (χ3n) is 3.58. The van der Waals surface area contributed by atoms with Crippen molar-refractivity contribution in [1.29, 1.82) is 0 Å². The highest BCUT2D eigenvalue weighted by molar-refractivity contribution is 5.14. The summed E-state index contributed by atoms with van der Waals surface area (Å²) in [5.41, 5.74) is -1.09. The molecule has 14 heavy (non-hydrogen) atoms. The molecule has 0 heterocycles. The largest absolute Gasteiger partial charge is 0.393 e. The predicted octanol–water partition coefficient (Wildman–Crippen LogP) is 2.80. The summed E-state index contributed by atoms with van der Waals surface area (Å²) in [5, 5.41) is 9.36. The maximum Gasteiger partial charge on any atom is 0.132 e. The first-order valence-corrected chi connectivity index (χ1v) is 5.59. The molecule has 0 amide bonds. The molecule has 0 spiro atoms. The van der Waals surface area contributed by atoms with Gasteiger partial charge in [0.05, 0.1) is 6.10 Å². The van der Waals surface area contributed by atoms with E-state index in [0.717, 1.165) is 32.1 Å². The van der Waals surface area contributed by atoms with E-state index in [1.54, 1.807) is 6.08 Å². The second-order valence-electron chi connectivity index (χ2n) is 4.57. The number of rotatable bonds is 1. The van der Waals surface area contributed by atoms with Gasteiger partial charge in [-0.1, -0.05) is 12.2 Å². The van der Waals surface area contributed by atoms with Gasteiger partial charge in [-0.15, -0.1) is 0 Å². The van der Waals surface area contributed by atoms with Crippen molar-refractivity contribution in [3.63, 3.8) is 0 Å². The molecule has 0 aromatic rings. The molecular formula is C12H18FO. The van der Waals surface area contributed by atoms with Crippen LogP contribution in [0, 0.1) is 12.3 Å². The van der Waals surface area contributed by atoms with E-state index in [9.17, 15) is 9.50 Å². The quantitative estimate of drug-likeness (QED) is 0.685. The molecule has 0 bridgehead atoms. The van der Waals surface area contributed by atoms with Gasteiger partial charge in [0.25, 0.3) is 0 Å². The average molecular weight is 197 g/mol. The fourth-order valence-corrected chi connectivity index (χ4v) is 2.61. The first-order chi connectivity index (χ1) is 6.71. The monoisotopic (exact) mass is 197 g/mol. The Morgan fingerprint density at radius 1 is 1.21 bits per heavy atom. The number of aliphatic hydroxyl groups is 1. The second kappa shape index (κ2) is 4.01. The highest BCUT2D eigenvalue weighted by atomic mass is 19.1. The van der Waals surface area contributed by atoms with Gasteiger partial charge in [0.2, 0.25) is 0 Å². The second-order valence-corrected chi connectivity index (χ2v) is 4.57. The number of alkyl halides is 1. The molecule has 0 aromatic heterocycles. The van der Waals surface area contributed by atoms with Gasteiger partial charge >= 0.3 is 0 Å². The minimum atomic E-state index is -1.09. The summed E-state index contributed by atoms with van der Waals surface area (Å²) in [7, 11) is 0. The normalized spacial score (nSPS) is 43.9. The van der Waals surface area contributed by atoms with Gasteiger partial charge in [-0.05, 0) is 50.9 Å². The molecule has 0 aromatic carbocycles. The van der Waals surface area contributed by atoms with Crippen LogP contribution in [0.1, 0.15) is 38.5 Å². The van der Waals surface area contributed by atoms with Gasteiger partial charge in [-0.25, -0.2) is 4.39 Å². The summed E-state index contributed by atoms with van der Waals surface area (Å²) in [5.74, 6) is 0.135. The highest BCUT2D eigenvalue weighted by Gasteiger charge is 2.39. The van der Waals surface area contributed by atoms with Gasteiger partial charge in [0, 0.05) is 0 Å². The van der Waals surface area contributed by atoms with E-state index in [-0.39, 0.29) is 12.0 Å². The first kappa shape index (κ1) is 10.2. The van der Waals surface area contributed by atoms with Crippen LogP contribution in [0.3, 0.4) is 0 Å². The van der Waals surface area contributed by atoms with Crippen molar-refractivity contribution in [2.45, 2.75) is 50.3 Å². The fraction of sp³-hybridized carbons (Fsp3) is 0.750. The van der Waals surface area contributed by atoms with Crippen molar-refractivity contribution in [3.05, 3.63) is 18.6 Å². The molecule has 2 heteroatoms. The Morgan fingerprint density at radius 2 is 1.93 bits per heavy atom. The lowest BCUT2D eigenvalue weighted by atomic mass is 9.73. The van der Waals surface area contributed by atoms with E-state index < -0.39 is 5.67 Å². The van der Waals surface area contributed by atoms with E-state index in [1.165, 1.54) is 0 Å². The third-order valence-corrected chi connectivity index (χ3v) is 3.58. The number of allylic oxidation sites excluding steroid dienone is 2. The molecule has 1 radical (unpaired) electrons. The Bertz CT molecular complexity index is 218. The predicted molar refractivity (Wildman–Crippen MR) is 54.5 cm³/mol. The van der Waals surface area contributed by atoms with Crippen molar-refractivity contribution < 1.29 is 9.50 Å². The maximum atomic E-state index is 14.4. The number of halogens is 1. The Morgan fingerprint density at radius 3 is 2.50 bits per heavy atom. The molecule has 1 saturated carbocycles. The summed E-state index contributed by atoms with van der Waals surface area (Å²) < 4.78 is 14.4. The van der Waals surface area contributed by atoms with Gasteiger partial charge in [-0.2, -0.15) is 0 Å². The zero-order valence-corrected chi connectivity index (χ0v) is 8.45. The third kappa shape index (κ3) is 2.00. The molecule has 2 rings (SSSR count). The van der Waals surface area contributed by atoms with Crippen LogP contribution in [0.25, 0.3) is 0 Å². The lowest BCUT2D eigenvalue weighted by Gasteiger charge is -2.37. The standard InChI is InChI=1S/C12H18FO/c13-12(8-2-1-3-9-12)10-4-6-11(14)7-5-10/h1-2,8,10-11,14H,3-7,9H2/t10-,11+,12?. The van der Waals surface area contributed by atoms with Crippen LogP contribution in [0.4, 0.5) is 4.39 Å². The summed E-state index contributed by atoms with van der Waals surface area (Å²) in [4.78, 5) is 0. The smallest absolute Gasteiger partial charge is 0.132 e. The SMILES string of the molecule is O[C@H]1CC[C@@H](C2(F)C=C[CH]CC2)CC1. The van der Waals surface area contributed by atoms with E-state index in [1.807, 2.05) is 12.5 Å². The zero-order valence-electron chi connectivity index (χ0n) is 8.45. The van der Waals surface area contributed by atoms with Crippen LogP contribution in [0.2, 0.25) is 0 Å². The van der Waals surface area contributed by atoms with Crippen molar-refractivity contribution in [1.82, 2.24) is 0 Å². The molecule has 2 aliphatic rings. The summed E-state index contributed by atoms with van der Waals surface area (Å²) >= 11 is 0. The Labute approximate surface area is 85.0 Å². The van der Waals surface area contributed by atoms with Gasteiger partial charge in [-0.3, -0.25) is 0 Å². The van der Waals surface area contributed by atoms with Crippen LogP contribution >= 0.6 is 0 Å². The van der Waals surface area contributed by atoms with Gasteiger partial charge in [0.1, 0.15) is 5.67 Å². The number of hydrogen-bond acceptors (Lipinski definition) is 1. The molecule has 79 valence electrons. The number of aliphatic hydroxyl groups excluding tert-OH is 1. The van der Waals surface area contributed by atoms with E-state index in [0.29, 0.717) is 6.42 Å². The molecule has 1 atom stereocenters. The maximum absolute atomic E-state index is 14.4. The summed E-state index contributed by atoms with van der Waals surface area (Å²) in [6.07, 6.45) is 10.1. The molecule has 1 unspecified atom stereocenters. The molecular weight excluding hydrogens is 179 g/mol. The average Bonchev–Trinajstić information content (AvgIpc) is 2.19. The lowest BCUT2D eigenvalue weighted by Crippen LogP contribution is -2.36. The van der Waals surface area contributed by atoms with Crippen LogP contribution in [-0.4, -0.2) is 16.9 Å². The minimum absolute atomic E-state index is 0.135. The molecule has 1 fully saturated rings. The zero-order chi connectivity index (χ0) is 10.0. The van der Waals surface area contributed by atoms with Gasteiger partial charge in [0.15, 0.2) is 0 Å². The summed E-state index contributed by atoms with van der Waals surface area (Å²) in [6.45, 7) is 0. The summed E-state index contributed by atoms with van der Waals surface area (Å²) in [6, 6.07) is 0. The van der Waals surface area contributed by atoms with Crippen molar-refractivity contribution in [3.8, 4) is 0 Å².